The second-order valence-corrected chi connectivity index (χ2v) is 12.9. The molecule has 7 N–H and O–H groups in total. The van der Waals surface area contributed by atoms with Gasteiger partial charge in [-0.3, -0.25) is 19.3 Å². The largest absolute Gasteiger partial charge is 0.506 e. The predicted molar refractivity (Wildman–Crippen MR) is 172 cm³/mol. The fraction of sp³-hybridized carbons (Fsp3) is 0.172. The van der Waals surface area contributed by atoms with Crippen molar-refractivity contribution in [3.63, 3.8) is 0 Å². The van der Waals surface area contributed by atoms with E-state index in [-0.39, 0.29) is 51.0 Å². The van der Waals surface area contributed by atoms with Crippen molar-refractivity contribution in [2.75, 3.05) is 11.5 Å². The molecule has 0 radical (unpaired) electrons. The van der Waals surface area contributed by atoms with Gasteiger partial charge in [-0.25, -0.2) is 14.6 Å². The summed E-state index contributed by atoms with van der Waals surface area (Å²) in [5.41, 5.74) is 4.87. The van der Waals surface area contributed by atoms with Crippen molar-refractivity contribution in [1.29, 1.82) is 0 Å². The molecule has 3 atom stereocenters. The van der Waals surface area contributed by atoms with Crippen LogP contribution in [-0.2, 0) is 30.6 Å². The van der Waals surface area contributed by atoms with Gasteiger partial charge in [-0.15, -0.1) is 23.1 Å². The van der Waals surface area contributed by atoms with Gasteiger partial charge in [0.25, 0.3) is 11.8 Å². The van der Waals surface area contributed by atoms with E-state index in [2.05, 4.69) is 20.4 Å². The molecule has 0 spiro atoms. The number of carboxylic acids is 2. The highest BCUT2D eigenvalue weighted by Crippen LogP contribution is 2.40. The first-order chi connectivity index (χ1) is 22.9. The van der Waals surface area contributed by atoms with Crippen molar-refractivity contribution in [3.8, 4) is 5.75 Å². The summed E-state index contributed by atoms with van der Waals surface area (Å²) >= 11 is 8.28. The normalized spacial score (nSPS) is 18.2. The number of H-pyrrole nitrogens is 1. The van der Waals surface area contributed by atoms with Gasteiger partial charge in [0.05, 0.1) is 5.52 Å². The van der Waals surface area contributed by atoms with Crippen LogP contribution in [0.25, 0.3) is 10.9 Å². The quantitative estimate of drug-likeness (QED) is 0.0588. The van der Waals surface area contributed by atoms with Gasteiger partial charge in [-0.2, -0.15) is 4.57 Å². The van der Waals surface area contributed by atoms with Gasteiger partial charge in [0, 0.05) is 39.8 Å². The number of pyridine rings is 2. The van der Waals surface area contributed by atoms with E-state index in [0.29, 0.717) is 10.6 Å². The van der Waals surface area contributed by atoms with Gasteiger partial charge in [-0.1, -0.05) is 22.8 Å². The number of fused-ring (bicyclic) bond motifs is 2. The summed E-state index contributed by atoms with van der Waals surface area (Å²) in [6, 6.07) is 7.08. The molecule has 0 aliphatic carbocycles. The average Bonchev–Trinajstić information content (AvgIpc) is 3.47. The molecule has 4 aromatic rings. The number of nitrogens with one attached hydrogen (secondary N) is 2. The molecular weight excluding hydrogens is 690 g/mol. The first-order valence-corrected chi connectivity index (χ1v) is 16.1. The van der Waals surface area contributed by atoms with Crippen LogP contribution >= 0.6 is 34.7 Å². The summed E-state index contributed by atoms with van der Waals surface area (Å²) in [7, 11) is 0. The van der Waals surface area contributed by atoms with E-state index in [4.69, 9.17) is 22.2 Å². The second kappa shape index (κ2) is 13.0. The number of halogens is 1. The molecule has 0 saturated carbocycles. The summed E-state index contributed by atoms with van der Waals surface area (Å²) in [5.74, 6) is -4.55. The molecule has 2 aliphatic rings. The van der Waals surface area contributed by atoms with E-state index in [0.717, 1.165) is 22.3 Å². The van der Waals surface area contributed by atoms with Gasteiger partial charge in [0.1, 0.15) is 33.6 Å². The highest BCUT2D eigenvalue weighted by Gasteiger charge is 2.55. The van der Waals surface area contributed by atoms with Crippen molar-refractivity contribution in [2.24, 2.45) is 5.16 Å². The number of hydrogen-bond donors (Lipinski definition) is 6. The van der Waals surface area contributed by atoms with Crippen LogP contribution in [0.1, 0.15) is 17.4 Å². The Hall–Kier alpha value is -5.46. The second-order valence-electron chi connectivity index (χ2n) is 10.4. The average molecular weight is 713 g/mol. The zero-order valence-electron chi connectivity index (χ0n) is 24.2. The van der Waals surface area contributed by atoms with Crippen LogP contribution < -0.4 is 21.2 Å². The van der Waals surface area contributed by atoms with E-state index in [1.807, 2.05) is 0 Å². The Balaban J connectivity index is 1.27. The third kappa shape index (κ3) is 6.15. The Morgan fingerprint density at radius 3 is 2.71 bits per heavy atom. The zero-order chi connectivity index (χ0) is 34.3. The number of nitrogen functional groups attached to an aromatic ring is 1. The molecule has 5 heterocycles. The Morgan fingerprint density at radius 2 is 2.02 bits per heavy atom. The molecule has 19 heteroatoms. The van der Waals surface area contributed by atoms with Crippen molar-refractivity contribution in [1.82, 2.24) is 20.2 Å². The third-order valence-electron chi connectivity index (χ3n) is 7.37. The summed E-state index contributed by atoms with van der Waals surface area (Å²) < 4.78 is 1.69. The van der Waals surface area contributed by atoms with Gasteiger partial charge in [0.2, 0.25) is 11.7 Å². The van der Waals surface area contributed by atoms with Crippen LogP contribution in [0.15, 0.2) is 75.4 Å². The van der Waals surface area contributed by atoms with Crippen molar-refractivity contribution in [2.45, 2.75) is 24.1 Å². The molecule has 1 fully saturated rings. The highest BCUT2D eigenvalue weighted by molar-refractivity contribution is 8.00. The van der Waals surface area contributed by atoms with Crippen LogP contribution in [0.2, 0.25) is 5.02 Å². The Kier molecular flexibility index (Phi) is 8.78. The Bertz CT molecular complexity index is 2130. The number of phenols is 1. The van der Waals surface area contributed by atoms with E-state index in [1.165, 1.54) is 35.3 Å². The number of nitrogens with zero attached hydrogens (tertiary/aromatic N) is 4. The molecule has 1 aromatic carbocycles. The number of hydrogen-bond acceptors (Lipinski definition) is 12. The van der Waals surface area contributed by atoms with Crippen molar-refractivity contribution >= 4 is 80.2 Å². The van der Waals surface area contributed by atoms with E-state index >= 15 is 0 Å². The van der Waals surface area contributed by atoms with E-state index < -0.39 is 52.5 Å². The number of phenolic OH excluding ortho intramolecular Hbond substituents is 1. The number of thioether (sulfide) groups is 1. The molecule has 6 rings (SSSR count). The maximum Gasteiger partial charge on any atom is 0.352 e. The summed E-state index contributed by atoms with van der Waals surface area (Å²) in [4.78, 5) is 76.3. The minimum absolute atomic E-state index is 0.00371. The lowest BCUT2D eigenvalue weighted by Crippen LogP contribution is -2.71. The number of aliphatic carboxylic acids is 2. The number of aromatic amines is 1. The van der Waals surface area contributed by atoms with Crippen LogP contribution in [0.3, 0.4) is 0 Å². The number of thiazole rings is 1. The molecule has 2 aliphatic heterocycles. The molecular formula is C29H23ClN7O9S2+. The van der Waals surface area contributed by atoms with E-state index in [9.17, 15) is 39.3 Å². The highest BCUT2D eigenvalue weighted by atomic mass is 35.5. The topological polar surface area (TPSA) is 241 Å². The number of rotatable bonds is 10. The van der Waals surface area contributed by atoms with Crippen molar-refractivity contribution in [3.05, 3.63) is 92.1 Å². The fourth-order valence-electron chi connectivity index (χ4n) is 5.25. The number of aromatic nitrogens is 3. The monoisotopic (exact) mass is 712 g/mol. The number of carbonyl (C=O) groups is 4. The van der Waals surface area contributed by atoms with Crippen LogP contribution in [0.4, 0.5) is 5.13 Å². The maximum absolute atomic E-state index is 13.6. The number of anilines is 1. The Morgan fingerprint density at radius 1 is 1.23 bits per heavy atom. The number of carbonyl (C=O) groups excluding carboxylic acids is 2. The minimum Gasteiger partial charge on any atom is -0.506 e. The molecule has 3 aromatic heterocycles. The molecule has 16 nitrogen and oxygen atoms in total. The lowest BCUT2D eigenvalue weighted by Gasteiger charge is -2.49. The lowest BCUT2D eigenvalue weighted by atomic mass is 10.0. The number of aromatic hydroxyl groups is 1. The van der Waals surface area contributed by atoms with Gasteiger partial charge >= 0.3 is 11.9 Å². The number of amides is 2. The first-order valence-electron chi connectivity index (χ1n) is 13.8. The molecule has 1 unspecified atom stereocenters. The molecule has 1 saturated heterocycles. The van der Waals surface area contributed by atoms with Crippen molar-refractivity contribution < 1.29 is 43.9 Å². The van der Waals surface area contributed by atoms with Crippen LogP contribution in [0, 0.1) is 0 Å². The zero-order valence-corrected chi connectivity index (χ0v) is 26.6. The number of benzene rings is 1. The smallest absolute Gasteiger partial charge is 0.352 e. The summed E-state index contributed by atoms with van der Waals surface area (Å²) in [6.45, 7) is 0.166. The van der Waals surface area contributed by atoms with E-state index in [1.54, 1.807) is 29.1 Å². The predicted octanol–water partition coefficient (Wildman–Crippen LogP) is 1.20. The number of carboxylic acid groups (broad SMARTS) is 2. The molecule has 0 bridgehead atoms. The number of nitrogens with two attached hydrogens (primary N) is 1. The summed E-state index contributed by atoms with van der Waals surface area (Å²) in [6.07, 6.45) is 1.51. The Labute approximate surface area is 282 Å². The maximum atomic E-state index is 13.6. The summed E-state index contributed by atoms with van der Waals surface area (Å²) in [5, 5.41) is 37.9. The van der Waals surface area contributed by atoms with Crippen LogP contribution in [0.5, 0.6) is 5.75 Å². The molecule has 2 amide bonds. The third-order valence-corrected chi connectivity index (χ3v) is 9.61. The fourth-order valence-corrected chi connectivity index (χ4v) is 7.33. The van der Waals surface area contributed by atoms with Gasteiger partial charge in [-0.05, 0) is 18.2 Å². The minimum atomic E-state index is -1.83. The lowest BCUT2D eigenvalue weighted by molar-refractivity contribution is -0.689. The molecule has 48 heavy (non-hydrogen) atoms. The standard InChI is InChI=1S/C29H22ClN7O9S2/c30-13-2-1-7-36(9-13)8-12-10-47-26-21(25(41)37(26)22(12)27(42)43)34-24(40)20(16-11-48-29(31)32-16)35-46-23(28(44)45)15-3-5-17(38)19-14(15)4-6-18(39)33-19/h1-7,9,11,21,23,26H,8,10H2,(H6-,31,32,33,34,35,38,39,40,42,43,44,45)/p+1/t21-,23?,26-/m1/s1. The SMILES string of the molecule is Nc1nc(/C(=N/OC(C(=O)O)c2ccc(O)c3[nH]c(=O)ccc23)C(=O)N[C@@H]2C(=O)N3C(C(=O)O)=C(C[n+]4cccc(Cl)c4)CS[C@H]23)cs1. The molecule has 246 valence electrons. The number of oxime groups is 1. The van der Waals surface area contributed by atoms with Gasteiger partial charge in [0.15, 0.2) is 29.8 Å². The van der Waals surface area contributed by atoms with Gasteiger partial charge < -0.3 is 36.2 Å². The first kappa shape index (κ1) is 32.5. The number of β-lactam (4-membered cyclic amide) rings is 1. The van der Waals surface area contributed by atoms with Crippen LogP contribution in [-0.4, -0.2) is 76.8 Å².